The molecular weight excluding hydrogens is 240 g/mol. The van der Waals surface area contributed by atoms with Crippen molar-refractivity contribution >= 4 is 23.0 Å². The highest BCUT2D eigenvalue weighted by molar-refractivity contribution is 6.32. The molecule has 0 radical (unpaired) electrons. The zero-order valence-corrected chi connectivity index (χ0v) is 10.7. The molecule has 1 aromatic rings. The highest BCUT2D eigenvalue weighted by Gasteiger charge is 2.12. The minimum absolute atomic E-state index is 0.0507. The lowest BCUT2D eigenvalue weighted by Crippen LogP contribution is -2.02. The molecule has 0 aliphatic heterocycles. The van der Waals surface area contributed by atoms with Crippen LogP contribution in [0.1, 0.15) is 32.6 Å². The Balaban J connectivity index is 2.49. The molecule has 0 saturated carbocycles. The summed E-state index contributed by atoms with van der Waals surface area (Å²) >= 11 is 5.72. The first-order valence-corrected chi connectivity index (χ1v) is 6.20. The molecule has 0 aliphatic rings. The SMILES string of the molecule is CCCCCCNc1ccc(Cl)c([N+](=O)[O-])c1. The molecule has 1 N–H and O–H groups in total. The molecule has 0 atom stereocenters. The third-order valence-corrected chi connectivity index (χ3v) is 2.82. The monoisotopic (exact) mass is 256 g/mol. The summed E-state index contributed by atoms with van der Waals surface area (Å²) in [4.78, 5) is 10.2. The maximum Gasteiger partial charge on any atom is 0.289 e. The summed E-state index contributed by atoms with van der Waals surface area (Å²) in [5.41, 5.74) is 0.697. The first kappa shape index (κ1) is 13.8. The molecule has 0 bridgehead atoms. The van der Waals surface area contributed by atoms with Gasteiger partial charge in [0, 0.05) is 18.3 Å². The van der Waals surface area contributed by atoms with Crippen LogP contribution >= 0.6 is 11.6 Å². The van der Waals surface area contributed by atoms with Crippen molar-refractivity contribution in [2.24, 2.45) is 0 Å². The molecule has 17 heavy (non-hydrogen) atoms. The van der Waals surface area contributed by atoms with Gasteiger partial charge < -0.3 is 5.32 Å². The minimum Gasteiger partial charge on any atom is -0.385 e. The Morgan fingerprint density at radius 1 is 1.35 bits per heavy atom. The van der Waals surface area contributed by atoms with Crippen LogP contribution in [0.25, 0.3) is 0 Å². The molecular formula is C12H17ClN2O2. The van der Waals surface area contributed by atoms with Gasteiger partial charge in [-0.2, -0.15) is 0 Å². The van der Waals surface area contributed by atoms with Crippen molar-refractivity contribution in [2.75, 3.05) is 11.9 Å². The van der Waals surface area contributed by atoms with E-state index in [9.17, 15) is 10.1 Å². The molecule has 0 aromatic heterocycles. The highest BCUT2D eigenvalue weighted by Crippen LogP contribution is 2.27. The van der Waals surface area contributed by atoms with Crippen molar-refractivity contribution < 1.29 is 4.92 Å². The number of nitro groups is 1. The number of halogens is 1. The Morgan fingerprint density at radius 2 is 2.12 bits per heavy atom. The van der Waals surface area contributed by atoms with Gasteiger partial charge in [-0.15, -0.1) is 0 Å². The largest absolute Gasteiger partial charge is 0.385 e. The van der Waals surface area contributed by atoms with E-state index in [1.807, 2.05) is 0 Å². The second-order valence-electron chi connectivity index (χ2n) is 3.91. The van der Waals surface area contributed by atoms with Crippen LogP contribution in [0.2, 0.25) is 5.02 Å². The lowest BCUT2D eigenvalue weighted by atomic mass is 10.2. The van der Waals surface area contributed by atoms with E-state index in [1.54, 1.807) is 12.1 Å². The Morgan fingerprint density at radius 3 is 2.76 bits per heavy atom. The van der Waals surface area contributed by atoms with Gasteiger partial charge in [0.2, 0.25) is 0 Å². The molecule has 0 fully saturated rings. The van der Waals surface area contributed by atoms with E-state index in [0.29, 0.717) is 0 Å². The van der Waals surface area contributed by atoms with Gasteiger partial charge in [-0.3, -0.25) is 10.1 Å². The van der Waals surface area contributed by atoms with E-state index < -0.39 is 4.92 Å². The molecule has 5 heteroatoms. The first-order chi connectivity index (χ1) is 8.15. The van der Waals surface area contributed by atoms with Gasteiger partial charge in [0.1, 0.15) is 5.02 Å². The van der Waals surface area contributed by atoms with Gasteiger partial charge in [-0.1, -0.05) is 37.8 Å². The third-order valence-electron chi connectivity index (χ3n) is 2.50. The summed E-state index contributed by atoms with van der Waals surface area (Å²) in [5, 5.41) is 14.0. The van der Waals surface area contributed by atoms with E-state index in [0.717, 1.165) is 18.7 Å². The van der Waals surface area contributed by atoms with Crippen LogP contribution in [-0.4, -0.2) is 11.5 Å². The van der Waals surface area contributed by atoms with Gasteiger partial charge >= 0.3 is 0 Å². The Hall–Kier alpha value is -1.29. The maximum absolute atomic E-state index is 10.7. The van der Waals surface area contributed by atoms with Crippen LogP contribution in [0.5, 0.6) is 0 Å². The van der Waals surface area contributed by atoms with Crippen LogP contribution in [0.4, 0.5) is 11.4 Å². The van der Waals surface area contributed by atoms with Crippen LogP contribution < -0.4 is 5.32 Å². The number of nitro benzene ring substituents is 1. The second-order valence-corrected chi connectivity index (χ2v) is 4.32. The predicted octanol–water partition coefficient (Wildman–Crippen LogP) is 4.24. The van der Waals surface area contributed by atoms with Crippen molar-refractivity contribution in [3.05, 3.63) is 33.3 Å². The average molecular weight is 257 g/mol. The molecule has 1 rings (SSSR count). The fourth-order valence-corrected chi connectivity index (χ4v) is 1.73. The molecule has 0 heterocycles. The number of unbranched alkanes of at least 4 members (excludes halogenated alkanes) is 3. The third kappa shape index (κ3) is 4.61. The predicted molar refractivity (Wildman–Crippen MR) is 70.7 cm³/mol. The number of rotatable bonds is 7. The van der Waals surface area contributed by atoms with Crippen LogP contribution in [0, 0.1) is 10.1 Å². The normalized spacial score (nSPS) is 10.2. The average Bonchev–Trinajstić information content (AvgIpc) is 2.30. The molecule has 0 spiro atoms. The quantitative estimate of drug-likeness (QED) is 0.451. The fraction of sp³-hybridized carbons (Fsp3) is 0.500. The number of benzene rings is 1. The lowest BCUT2D eigenvalue weighted by Gasteiger charge is -2.06. The number of hydrogen-bond donors (Lipinski definition) is 1. The van der Waals surface area contributed by atoms with Crippen molar-refractivity contribution in [3.63, 3.8) is 0 Å². The van der Waals surface area contributed by atoms with Crippen molar-refractivity contribution in [1.29, 1.82) is 0 Å². The van der Waals surface area contributed by atoms with Gasteiger partial charge in [0.15, 0.2) is 0 Å². The molecule has 0 unspecified atom stereocenters. The molecule has 4 nitrogen and oxygen atoms in total. The van der Waals surface area contributed by atoms with E-state index in [4.69, 9.17) is 11.6 Å². The molecule has 0 aliphatic carbocycles. The van der Waals surface area contributed by atoms with Crippen LogP contribution in [0.3, 0.4) is 0 Å². The zero-order chi connectivity index (χ0) is 12.7. The topological polar surface area (TPSA) is 55.2 Å². The Kier molecular flexibility index (Phi) is 5.77. The van der Waals surface area contributed by atoms with Crippen LogP contribution in [0.15, 0.2) is 18.2 Å². The lowest BCUT2D eigenvalue weighted by molar-refractivity contribution is -0.384. The highest BCUT2D eigenvalue weighted by atomic mass is 35.5. The van der Waals surface area contributed by atoms with Gasteiger partial charge in [-0.05, 0) is 18.6 Å². The van der Waals surface area contributed by atoms with Crippen molar-refractivity contribution in [2.45, 2.75) is 32.6 Å². The minimum atomic E-state index is -0.468. The summed E-state index contributed by atoms with van der Waals surface area (Å²) in [6.45, 7) is 2.99. The summed E-state index contributed by atoms with van der Waals surface area (Å²) < 4.78 is 0. The zero-order valence-electron chi connectivity index (χ0n) is 9.91. The standard InChI is InChI=1S/C12H17ClN2O2/c1-2-3-4-5-8-14-10-6-7-11(13)12(9-10)15(16)17/h6-7,9,14H,2-5,8H2,1H3. The van der Waals surface area contributed by atoms with E-state index in [1.165, 1.54) is 25.3 Å². The first-order valence-electron chi connectivity index (χ1n) is 5.83. The number of nitrogens with zero attached hydrogens (tertiary/aromatic N) is 1. The van der Waals surface area contributed by atoms with Crippen molar-refractivity contribution in [1.82, 2.24) is 0 Å². The number of nitrogens with one attached hydrogen (secondary N) is 1. The number of hydrogen-bond acceptors (Lipinski definition) is 3. The maximum atomic E-state index is 10.7. The fourth-order valence-electron chi connectivity index (χ4n) is 1.55. The smallest absolute Gasteiger partial charge is 0.289 e. The Labute approximate surface area is 106 Å². The molecule has 0 amide bonds. The number of anilines is 1. The summed E-state index contributed by atoms with van der Waals surface area (Å²) in [6.07, 6.45) is 4.68. The summed E-state index contributed by atoms with van der Waals surface area (Å²) in [6, 6.07) is 4.78. The summed E-state index contributed by atoms with van der Waals surface area (Å²) in [7, 11) is 0. The second kappa shape index (κ2) is 7.12. The van der Waals surface area contributed by atoms with Crippen molar-refractivity contribution in [3.8, 4) is 0 Å². The molecule has 0 saturated heterocycles. The van der Waals surface area contributed by atoms with Gasteiger partial charge in [0.25, 0.3) is 5.69 Å². The van der Waals surface area contributed by atoms with E-state index in [-0.39, 0.29) is 10.7 Å². The van der Waals surface area contributed by atoms with E-state index >= 15 is 0 Å². The van der Waals surface area contributed by atoms with Gasteiger partial charge in [-0.25, -0.2) is 0 Å². The molecule has 1 aromatic carbocycles. The van der Waals surface area contributed by atoms with E-state index in [2.05, 4.69) is 12.2 Å². The van der Waals surface area contributed by atoms with Gasteiger partial charge in [0.05, 0.1) is 4.92 Å². The summed E-state index contributed by atoms with van der Waals surface area (Å²) in [5.74, 6) is 0. The van der Waals surface area contributed by atoms with Crippen LogP contribution in [-0.2, 0) is 0 Å². The Bertz CT molecular complexity index is 383. The molecule has 94 valence electrons.